The lowest BCUT2D eigenvalue weighted by atomic mass is 10.1. The van der Waals surface area contributed by atoms with E-state index in [0.29, 0.717) is 24.9 Å². The van der Waals surface area contributed by atoms with Crippen LogP contribution in [0, 0.1) is 13.8 Å². The highest BCUT2D eigenvalue weighted by Crippen LogP contribution is 2.21. The molecule has 1 amide bonds. The Morgan fingerprint density at radius 1 is 1.10 bits per heavy atom. The van der Waals surface area contributed by atoms with E-state index in [2.05, 4.69) is 41.5 Å². The molecule has 0 aliphatic rings. The number of benzene rings is 2. The van der Waals surface area contributed by atoms with Crippen LogP contribution < -0.4 is 5.32 Å². The summed E-state index contributed by atoms with van der Waals surface area (Å²) in [5, 5.41) is 11.8. The number of nitrogens with one attached hydrogen (secondary N) is 1. The third kappa shape index (κ3) is 5.92. The van der Waals surface area contributed by atoms with E-state index >= 15 is 0 Å². The van der Waals surface area contributed by atoms with Crippen molar-refractivity contribution in [2.24, 2.45) is 0 Å². The first-order valence-corrected chi connectivity index (χ1v) is 10.6. The van der Waals surface area contributed by atoms with Crippen LogP contribution in [0.2, 0.25) is 0 Å². The standard InChI is InChI=1S/C22H26N4O2S/c1-4-28-13-19-8-6-18(7-9-19)12-23-21(27)14-29-22-25-24-15-26(22)20-10-5-16(2)17(3)11-20/h5-11,15H,4,12-14H2,1-3H3,(H,23,27). The molecule has 0 saturated heterocycles. The highest BCUT2D eigenvalue weighted by Gasteiger charge is 2.11. The Labute approximate surface area is 175 Å². The summed E-state index contributed by atoms with van der Waals surface area (Å²) in [7, 11) is 0. The fourth-order valence-corrected chi connectivity index (χ4v) is 3.49. The molecule has 2 aromatic carbocycles. The number of aromatic nitrogens is 3. The van der Waals surface area contributed by atoms with Gasteiger partial charge in [-0.2, -0.15) is 0 Å². The minimum Gasteiger partial charge on any atom is -0.377 e. The summed E-state index contributed by atoms with van der Waals surface area (Å²) in [4.78, 5) is 12.3. The number of carbonyl (C=O) groups excluding carboxylic acids is 1. The second-order valence-electron chi connectivity index (χ2n) is 6.77. The summed E-state index contributed by atoms with van der Waals surface area (Å²) >= 11 is 1.37. The fraction of sp³-hybridized carbons (Fsp3) is 0.318. The zero-order valence-electron chi connectivity index (χ0n) is 17.0. The van der Waals surface area contributed by atoms with Crippen LogP contribution in [0.15, 0.2) is 53.9 Å². The van der Waals surface area contributed by atoms with E-state index < -0.39 is 0 Å². The maximum atomic E-state index is 12.3. The second-order valence-corrected chi connectivity index (χ2v) is 7.71. The Kier molecular flexibility index (Phi) is 7.43. The number of aryl methyl sites for hydroxylation is 2. The molecule has 29 heavy (non-hydrogen) atoms. The number of amides is 1. The molecule has 0 unspecified atom stereocenters. The molecule has 7 heteroatoms. The topological polar surface area (TPSA) is 69.0 Å². The largest absolute Gasteiger partial charge is 0.377 e. The van der Waals surface area contributed by atoms with Crippen LogP contribution in [-0.4, -0.2) is 33.0 Å². The van der Waals surface area contributed by atoms with Crippen LogP contribution in [0.4, 0.5) is 0 Å². The van der Waals surface area contributed by atoms with Gasteiger partial charge in [-0.25, -0.2) is 0 Å². The first-order valence-electron chi connectivity index (χ1n) is 9.59. The van der Waals surface area contributed by atoms with E-state index in [0.717, 1.165) is 16.8 Å². The molecule has 1 heterocycles. The average molecular weight is 411 g/mol. The molecular formula is C22H26N4O2S. The molecule has 0 aliphatic carbocycles. The highest BCUT2D eigenvalue weighted by atomic mass is 32.2. The summed E-state index contributed by atoms with van der Waals surface area (Å²) in [6.07, 6.45) is 1.67. The molecule has 0 atom stereocenters. The third-order valence-electron chi connectivity index (χ3n) is 4.60. The van der Waals surface area contributed by atoms with Gasteiger partial charge in [-0.15, -0.1) is 10.2 Å². The van der Waals surface area contributed by atoms with Crippen molar-refractivity contribution in [3.63, 3.8) is 0 Å². The third-order valence-corrected chi connectivity index (χ3v) is 5.55. The summed E-state index contributed by atoms with van der Waals surface area (Å²) in [6, 6.07) is 14.3. The number of nitrogens with zero attached hydrogens (tertiary/aromatic N) is 3. The van der Waals surface area contributed by atoms with Crippen LogP contribution in [0.3, 0.4) is 0 Å². The first kappa shape index (κ1) is 21.1. The van der Waals surface area contributed by atoms with Gasteiger partial charge in [-0.05, 0) is 55.2 Å². The van der Waals surface area contributed by atoms with E-state index in [1.807, 2.05) is 41.8 Å². The van der Waals surface area contributed by atoms with Crippen LogP contribution in [-0.2, 0) is 22.7 Å². The Bertz CT molecular complexity index is 954. The van der Waals surface area contributed by atoms with Gasteiger partial charge in [0.05, 0.1) is 12.4 Å². The number of hydrogen-bond donors (Lipinski definition) is 1. The number of carbonyl (C=O) groups is 1. The number of rotatable bonds is 9. The van der Waals surface area contributed by atoms with Gasteiger partial charge in [0.15, 0.2) is 5.16 Å². The van der Waals surface area contributed by atoms with Crippen molar-refractivity contribution in [2.75, 3.05) is 12.4 Å². The van der Waals surface area contributed by atoms with Gasteiger partial charge in [0.25, 0.3) is 0 Å². The van der Waals surface area contributed by atoms with Gasteiger partial charge in [0.1, 0.15) is 6.33 Å². The molecule has 1 N–H and O–H groups in total. The second kappa shape index (κ2) is 10.2. The van der Waals surface area contributed by atoms with Crippen molar-refractivity contribution in [2.45, 2.75) is 39.1 Å². The summed E-state index contributed by atoms with van der Waals surface area (Å²) in [5.41, 5.74) is 5.62. The summed E-state index contributed by atoms with van der Waals surface area (Å²) in [5.74, 6) is 0.245. The van der Waals surface area contributed by atoms with Gasteiger partial charge in [0.2, 0.25) is 5.91 Å². The van der Waals surface area contributed by atoms with Gasteiger partial charge < -0.3 is 10.1 Å². The molecule has 0 saturated carbocycles. The lowest BCUT2D eigenvalue weighted by Crippen LogP contribution is -2.24. The van der Waals surface area contributed by atoms with E-state index in [1.54, 1.807) is 6.33 Å². The predicted molar refractivity (Wildman–Crippen MR) is 115 cm³/mol. The highest BCUT2D eigenvalue weighted by molar-refractivity contribution is 7.99. The minimum atomic E-state index is -0.0389. The van der Waals surface area contributed by atoms with Crippen molar-refractivity contribution >= 4 is 17.7 Å². The molecule has 0 spiro atoms. The SMILES string of the molecule is CCOCc1ccc(CNC(=O)CSc2nncn2-c2ccc(C)c(C)c2)cc1. The van der Waals surface area contributed by atoms with Gasteiger partial charge in [-0.1, -0.05) is 42.1 Å². The maximum Gasteiger partial charge on any atom is 0.230 e. The van der Waals surface area contributed by atoms with E-state index in [1.165, 1.54) is 22.9 Å². The normalized spacial score (nSPS) is 10.9. The lowest BCUT2D eigenvalue weighted by molar-refractivity contribution is -0.118. The van der Waals surface area contributed by atoms with Crippen LogP contribution in [0.25, 0.3) is 5.69 Å². The van der Waals surface area contributed by atoms with Gasteiger partial charge in [-0.3, -0.25) is 9.36 Å². The summed E-state index contributed by atoms with van der Waals surface area (Å²) in [6.45, 7) is 7.95. The molecule has 0 aliphatic heterocycles. The first-order chi connectivity index (χ1) is 14.1. The molecule has 0 radical (unpaired) electrons. The van der Waals surface area contributed by atoms with Crippen LogP contribution >= 0.6 is 11.8 Å². The van der Waals surface area contributed by atoms with Crippen molar-refractivity contribution in [3.8, 4) is 5.69 Å². The lowest BCUT2D eigenvalue weighted by Gasteiger charge is -2.09. The monoisotopic (exact) mass is 410 g/mol. The molecule has 3 aromatic rings. The Balaban J connectivity index is 1.51. The molecule has 0 bridgehead atoms. The molecular weight excluding hydrogens is 384 g/mol. The Hall–Kier alpha value is -2.64. The molecule has 1 aromatic heterocycles. The van der Waals surface area contributed by atoms with Crippen molar-refractivity contribution in [1.29, 1.82) is 0 Å². The zero-order chi connectivity index (χ0) is 20.6. The average Bonchev–Trinajstić information content (AvgIpc) is 3.20. The summed E-state index contributed by atoms with van der Waals surface area (Å²) < 4.78 is 7.30. The predicted octanol–water partition coefficient (Wildman–Crippen LogP) is 3.83. The van der Waals surface area contributed by atoms with Gasteiger partial charge in [0, 0.05) is 18.8 Å². The van der Waals surface area contributed by atoms with E-state index in [-0.39, 0.29) is 11.7 Å². The number of thioether (sulfide) groups is 1. The number of hydrogen-bond acceptors (Lipinski definition) is 5. The number of ether oxygens (including phenoxy) is 1. The maximum absolute atomic E-state index is 12.3. The fourth-order valence-electron chi connectivity index (χ4n) is 2.73. The Morgan fingerprint density at radius 2 is 1.86 bits per heavy atom. The minimum absolute atomic E-state index is 0.0389. The van der Waals surface area contributed by atoms with Crippen molar-refractivity contribution in [1.82, 2.24) is 20.1 Å². The van der Waals surface area contributed by atoms with Crippen LogP contribution in [0.5, 0.6) is 0 Å². The van der Waals surface area contributed by atoms with Crippen LogP contribution in [0.1, 0.15) is 29.2 Å². The molecule has 0 fully saturated rings. The van der Waals surface area contributed by atoms with E-state index in [9.17, 15) is 4.79 Å². The molecule has 3 rings (SSSR count). The smallest absolute Gasteiger partial charge is 0.230 e. The Morgan fingerprint density at radius 3 is 2.59 bits per heavy atom. The van der Waals surface area contributed by atoms with E-state index in [4.69, 9.17) is 4.74 Å². The van der Waals surface area contributed by atoms with Gasteiger partial charge >= 0.3 is 0 Å². The molecule has 6 nitrogen and oxygen atoms in total. The van der Waals surface area contributed by atoms with Crippen molar-refractivity contribution < 1.29 is 9.53 Å². The van der Waals surface area contributed by atoms with Crippen molar-refractivity contribution in [3.05, 3.63) is 71.0 Å². The quantitative estimate of drug-likeness (QED) is 0.543. The molecule has 152 valence electrons. The zero-order valence-corrected chi connectivity index (χ0v) is 17.8.